The van der Waals surface area contributed by atoms with Crippen LogP contribution in [-0.2, 0) is 4.79 Å². The van der Waals surface area contributed by atoms with Crippen molar-refractivity contribution in [2.75, 3.05) is 32.8 Å². The summed E-state index contributed by atoms with van der Waals surface area (Å²) in [6.07, 6.45) is 1.06. The Hall–Kier alpha value is -3.62. The number of carbonyl (C=O) groups is 2. The number of carbonyl (C=O) groups excluding carboxylic acids is 2. The number of hydrogen-bond donors (Lipinski definition) is 0. The molecule has 1 saturated heterocycles. The molecule has 0 radical (unpaired) electrons. The van der Waals surface area contributed by atoms with Gasteiger partial charge in [-0.1, -0.05) is 26.0 Å². The minimum absolute atomic E-state index is 0.0547. The van der Waals surface area contributed by atoms with Gasteiger partial charge in [-0.15, -0.1) is 0 Å². The summed E-state index contributed by atoms with van der Waals surface area (Å²) in [6.45, 7) is 10.2. The highest BCUT2D eigenvalue weighted by molar-refractivity contribution is 6.05. The van der Waals surface area contributed by atoms with Crippen molar-refractivity contribution in [1.82, 2.24) is 24.6 Å². The van der Waals surface area contributed by atoms with E-state index in [4.69, 9.17) is 14.5 Å². The Balaban J connectivity index is 1.30. The minimum atomic E-state index is -0.678. The SMILES string of the molecule is CC(C)c1cc(C(=O)N2CCN(C(=O)[C@@H]3COc4ccccc4O3)CC2)c2cnn(C(C)C)c2n1. The third-order valence-electron chi connectivity index (χ3n) is 6.56. The second kappa shape index (κ2) is 9.20. The van der Waals surface area contributed by atoms with E-state index < -0.39 is 6.10 Å². The molecule has 1 atom stereocenters. The van der Waals surface area contributed by atoms with Crippen LogP contribution in [0.2, 0.25) is 0 Å². The Labute approximate surface area is 204 Å². The van der Waals surface area contributed by atoms with Crippen LogP contribution in [0.25, 0.3) is 11.0 Å². The minimum Gasteiger partial charge on any atom is -0.485 e. The summed E-state index contributed by atoms with van der Waals surface area (Å²) in [6, 6.07) is 9.38. The van der Waals surface area contributed by atoms with Gasteiger partial charge in [-0.05, 0) is 38.0 Å². The predicted octanol–water partition coefficient (Wildman–Crippen LogP) is 3.26. The van der Waals surface area contributed by atoms with Crippen molar-refractivity contribution in [3.05, 3.63) is 47.8 Å². The van der Waals surface area contributed by atoms with E-state index in [1.54, 1.807) is 17.2 Å². The van der Waals surface area contributed by atoms with E-state index in [2.05, 4.69) is 18.9 Å². The summed E-state index contributed by atoms with van der Waals surface area (Å²) in [5, 5.41) is 5.25. The summed E-state index contributed by atoms with van der Waals surface area (Å²) in [5.41, 5.74) is 2.22. The molecule has 5 rings (SSSR count). The molecule has 184 valence electrons. The normalized spacial score (nSPS) is 17.9. The zero-order chi connectivity index (χ0) is 24.7. The van der Waals surface area contributed by atoms with Crippen molar-refractivity contribution in [3.8, 4) is 11.5 Å². The van der Waals surface area contributed by atoms with Crippen LogP contribution in [0.5, 0.6) is 11.5 Å². The van der Waals surface area contributed by atoms with Crippen LogP contribution in [-0.4, -0.2) is 75.3 Å². The fourth-order valence-corrected chi connectivity index (χ4v) is 4.53. The van der Waals surface area contributed by atoms with Gasteiger partial charge in [0.15, 0.2) is 17.1 Å². The lowest BCUT2D eigenvalue weighted by Gasteiger charge is -2.37. The van der Waals surface area contributed by atoms with Gasteiger partial charge in [0.25, 0.3) is 11.8 Å². The first kappa shape index (κ1) is 23.1. The first-order chi connectivity index (χ1) is 16.8. The van der Waals surface area contributed by atoms with E-state index in [-0.39, 0.29) is 30.4 Å². The van der Waals surface area contributed by atoms with E-state index in [1.807, 2.05) is 47.7 Å². The van der Waals surface area contributed by atoms with Crippen LogP contribution < -0.4 is 9.47 Å². The van der Waals surface area contributed by atoms with E-state index in [0.717, 1.165) is 16.7 Å². The summed E-state index contributed by atoms with van der Waals surface area (Å²) in [5.74, 6) is 1.24. The second-order valence-corrected chi connectivity index (χ2v) is 9.65. The van der Waals surface area contributed by atoms with Crippen molar-refractivity contribution in [2.24, 2.45) is 0 Å². The highest BCUT2D eigenvalue weighted by Crippen LogP contribution is 2.31. The number of hydrogen-bond acceptors (Lipinski definition) is 6. The molecule has 0 bridgehead atoms. The first-order valence-corrected chi connectivity index (χ1v) is 12.2. The van der Waals surface area contributed by atoms with Gasteiger partial charge >= 0.3 is 0 Å². The number of ether oxygens (including phenoxy) is 2. The Kier molecular flexibility index (Phi) is 6.08. The molecule has 0 aliphatic carbocycles. The monoisotopic (exact) mass is 477 g/mol. The van der Waals surface area contributed by atoms with Crippen molar-refractivity contribution in [1.29, 1.82) is 0 Å². The molecule has 2 aliphatic rings. The van der Waals surface area contributed by atoms with E-state index in [0.29, 0.717) is 43.2 Å². The fourth-order valence-electron chi connectivity index (χ4n) is 4.53. The van der Waals surface area contributed by atoms with Crippen LogP contribution in [0.3, 0.4) is 0 Å². The predicted molar refractivity (Wildman–Crippen MR) is 131 cm³/mol. The third kappa shape index (κ3) is 4.31. The van der Waals surface area contributed by atoms with Gasteiger partial charge in [0.05, 0.1) is 17.1 Å². The Morgan fingerprint density at radius 1 is 1.00 bits per heavy atom. The van der Waals surface area contributed by atoms with E-state index >= 15 is 0 Å². The standard InChI is InChI=1S/C26H31N5O4/c1-16(2)20-13-18(19-14-27-31(17(3)4)24(19)28-20)25(32)29-9-11-30(12-10-29)26(33)23-15-34-21-7-5-6-8-22(21)35-23/h5-8,13-14,16-17,23H,9-12,15H2,1-4H3/t23-/m0/s1. The van der Waals surface area contributed by atoms with Crippen LogP contribution in [0.4, 0.5) is 0 Å². The number of pyridine rings is 1. The molecular weight excluding hydrogens is 446 g/mol. The average molecular weight is 478 g/mol. The lowest BCUT2D eigenvalue weighted by Crippen LogP contribution is -2.55. The molecule has 2 amide bonds. The van der Waals surface area contributed by atoms with Crippen molar-refractivity contribution >= 4 is 22.8 Å². The molecule has 1 aromatic carbocycles. The van der Waals surface area contributed by atoms with Gasteiger partial charge in [-0.3, -0.25) is 9.59 Å². The average Bonchev–Trinajstić information content (AvgIpc) is 3.31. The molecule has 9 heteroatoms. The molecule has 2 aromatic heterocycles. The van der Waals surface area contributed by atoms with Gasteiger partial charge in [0.1, 0.15) is 6.61 Å². The number of benzene rings is 1. The topological polar surface area (TPSA) is 89.8 Å². The summed E-state index contributed by atoms with van der Waals surface area (Å²) in [4.78, 5) is 35.0. The molecule has 0 unspecified atom stereocenters. The smallest absolute Gasteiger partial charge is 0.267 e. The molecule has 0 saturated carbocycles. The summed E-state index contributed by atoms with van der Waals surface area (Å²) in [7, 11) is 0. The van der Waals surface area contributed by atoms with Crippen molar-refractivity contribution in [2.45, 2.75) is 45.8 Å². The Bertz CT molecular complexity index is 1260. The highest BCUT2D eigenvalue weighted by Gasteiger charge is 2.34. The number of nitrogens with zero attached hydrogens (tertiary/aromatic N) is 5. The van der Waals surface area contributed by atoms with Gasteiger partial charge in [0, 0.05) is 37.9 Å². The molecule has 0 spiro atoms. The zero-order valence-electron chi connectivity index (χ0n) is 20.6. The first-order valence-electron chi connectivity index (χ1n) is 12.2. The summed E-state index contributed by atoms with van der Waals surface area (Å²) >= 11 is 0. The molecule has 0 N–H and O–H groups in total. The highest BCUT2D eigenvalue weighted by atomic mass is 16.6. The molecule has 3 aromatic rings. The van der Waals surface area contributed by atoms with Crippen LogP contribution in [0.1, 0.15) is 55.7 Å². The molecule has 2 aliphatic heterocycles. The van der Waals surface area contributed by atoms with Gasteiger partial charge in [-0.25, -0.2) is 9.67 Å². The number of fused-ring (bicyclic) bond motifs is 2. The largest absolute Gasteiger partial charge is 0.485 e. The maximum absolute atomic E-state index is 13.6. The fraction of sp³-hybridized carbons (Fsp3) is 0.462. The van der Waals surface area contributed by atoms with Crippen LogP contribution in [0.15, 0.2) is 36.5 Å². The number of amides is 2. The van der Waals surface area contributed by atoms with Crippen LogP contribution in [0, 0.1) is 0 Å². The number of rotatable bonds is 4. The quantitative estimate of drug-likeness (QED) is 0.573. The lowest BCUT2D eigenvalue weighted by atomic mass is 10.0. The summed E-state index contributed by atoms with van der Waals surface area (Å²) < 4.78 is 13.4. The van der Waals surface area contributed by atoms with E-state index in [1.165, 1.54) is 0 Å². The molecule has 4 heterocycles. The van der Waals surface area contributed by atoms with Crippen LogP contribution >= 0.6 is 0 Å². The van der Waals surface area contributed by atoms with Crippen molar-refractivity contribution in [3.63, 3.8) is 0 Å². The Morgan fingerprint density at radius 3 is 2.37 bits per heavy atom. The second-order valence-electron chi connectivity index (χ2n) is 9.65. The maximum Gasteiger partial charge on any atom is 0.267 e. The molecular formula is C26H31N5O4. The maximum atomic E-state index is 13.6. The molecule has 35 heavy (non-hydrogen) atoms. The van der Waals surface area contributed by atoms with Gasteiger partial charge in [-0.2, -0.15) is 5.10 Å². The zero-order valence-corrected chi connectivity index (χ0v) is 20.6. The van der Waals surface area contributed by atoms with Gasteiger partial charge in [0.2, 0.25) is 6.10 Å². The Morgan fingerprint density at radius 2 is 1.69 bits per heavy atom. The number of para-hydroxylation sites is 2. The van der Waals surface area contributed by atoms with E-state index in [9.17, 15) is 9.59 Å². The van der Waals surface area contributed by atoms with Crippen molar-refractivity contribution < 1.29 is 19.1 Å². The molecule has 9 nitrogen and oxygen atoms in total. The number of aromatic nitrogens is 3. The third-order valence-corrected chi connectivity index (χ3v) is 6.56. The molecule has 1 fully saturated rings. The number of piperazine rings is 1. The van der Waals surface area contributed by atoms with Gasteiger partial charge < -0.3 is 19.3 Å². The lowest BCUT2D eigenvalue weighted by molar-refractivity contribution is -0.142.